The van der Waals surface area contributed by atoms with Gasteiger partial charge < -0.3 is 4.90 Å². The van der Waals surface area contributed by atoms with Gasteiger partial charge in [-0.2, -0.15) is 0 Å². The first-order valence-electron chi connectivity index (χ1n) is 12.1. The Kier molecular flexibility index (Phi) is 5.34. The Bertz CT molecular complexity index is 1710. The van der Waals surface area contributed by atoms with Gasteiger partial charge in [-0.15, -0.1) is 0 Å². The second-order valence-electron chi connectivity index (χ2n) is 8.93. The third-order valence-corrected chi connectivity index (χ3v) is 6.56. The van der Waals surface area contributed by atoms with Crippen molar-refractivity contribution in [3.05, 3.63) is 108 Å². The quantitative estimate of drug-likeness (QED) is 0.205. The highest BCUT2D eigenvalue weighted by Crippen LogP contribution is 2.34. The molecular weight excluding hydrogens is 430 g/mol. The van der Waals surface area contributed by atoms with Crippen molar-refractivity contribution in [1.29, 1.82) is 0 Å². The van der Waals surface area contributed by atoms with Crippen LogP contribution in [-0.2, 0) is 6.54 Å². The number of benzene rings is 5. The van der Waals surface area contributed by atoms with E-state index < -0.39 is 0 Å². The van der Waals surface area contributed by atoms with Gasteiger partial charge in [-0.3, -0.25) is 4.79 Å². The summed E-state index contributed by atoms with van der Waals surface area (Å²) in [6, 6.07) is 32.5. The highest BCUT2D eigenvalue weighted by Gasteiger charge is 2.18. The Morgan fingerprint density at radius 2 is 1.26 bits per heavy atom. The van der Waals surface area contributed by atoms with E-state index in [1.807, 2.05) is 53.4 Å². The molecule has 1 aromatic heterocycles. The monoisotopic (exact) mass is 455 g/mol. The second-order valence-corrected chi connectivity index (χ2v) is 8.93. The molecule has 0 aliphatic rings. The molecule has 0 spiro atoms. The molecule has 0 bridgehead atoms. The van der Waals surface area contributed by atoms with Gasteiger partial charge in [0.1, 0.15) is 0 Å². The average molecular weight is 456 g/mol. The van der Waals surface area contributed by atoms with Crippen LogP contribution in [0.5, 0.6) is 0 Å². The molecule has 0 fully saturated rings. The van der Waals surface area contributed by atoms with E-state index in [0.29, 0.717) is 18.7 Å². The summed E-state index contributed by atoms with van der Waals surface area (Å²) in [7, 11) is 0. The maximum absolute atomic E-state index is 13.5. The van der Waals surface area contributed by atoms with Crippen LogP contribution in [0.25, 0.3) is 43.6 Å². The maximum Gasteiger partial charge on any atom is 0.254 e. The zero-order valence-corrected chi connectivity index (χ0v) is 19.6. The number of hydrogen-bond acceptors (Lipinski definition) is 3. The molecule has 4 nitrogen and oxygen atoms in total. The van der Waals surface area contributed by atoms with Crippen molar-refractivity contribution >= 4 is 49.5 Å². The van der Waals surface area contributed by atoms with E-state index in [2.05, 4.69) is 55.5 Å². The van der Waals surface area contributed by atoms with Gasteiger partial charge in [0.05, 0.1) is 22.1 Å². The van der Waals surface area contributed by atoms with Crippen LogP contribution in [0.2, 0.25) is 0 Å². The Labute approximate surface area is 203 Å². The number of hydrogen-bond donors (Lipinski definition) is 0. The van der Waals surface area contributed by atoms with Gasteiger partial charge in [-0.25, -0.2) is 9.97 Å². The number of amides is 1. The lowest BCUT2D eigenvalue weighted by Gasteiger charge is -2.22. The summed E-state index contributed by atoms with van der Waals surface area (Å²) in [6.07, 6.45) is 0.898. The summed E-state index contributed by atoms with van der Waals surface area (Å²) in [6.45, 7) is 3.38. The van der Waals surface area contributed by atoms with Crippen LogP contribution in [0.3, 0.4) is 0 Å². The summed E-state index contributed by atoms with van der Waals surface area (Å²) < 4.78 is 0. The van der Waals surface area contributed by atoms with Crippen LogP contribution in [0, 0.1) is 0 Å². The van der Waals surface area contributed by atoms with Gasteiger partial charge in [-0.1, -0.05) is 85.8 Å². The highest BCUT2D eigenvalue weighted by molar-refractivity contribution is 6.23. The Morgan fingerprint density at radius 3 is 1.89 bits per heavy atom. The standard InChI is InChI=1S/C31H25N3O/c1-2-18-34(20-21-10-4-3-5-11-21)31(35)22-16-17-27-28(19-22)33-30-26-15-9-7-13-24(26)23-12-6-8-14-25(23)29(30)32-27/h3-17,19H,2,18,20H2,1H3. The van der Waals surface area contributed by atoms with Crippen LogP contribution < -0.4 is 0 Å². The molecule has 6 aromatic rings. The van der Waals surface area contributed by atoms with E-state index in [1.54, 1.807) is 0 Å². The van der Waals surface area contributed by atoms with Crippen molar-refractivity contribution in [3.8, 4) is 0 Å². The fraction of sp³-hybridized carbons (Fsp3) is 0.129. The molecule has 0 N–H and O–H groups in total. The van der Waals surface area contributed by atoms with Crippen molar-refractivity contribution in [2.75, 3.05) is 6.54 Å². The summed E-state index contributed by atoms with van der Waals surface area (Å²) in [5.74, 6) is 0.0165. The van der Waals surface area contributed by atoms with Crippen molar-refractivity contribution in [3.63, 3.8) is 0 Å². The summed E-state index contributed by atoms with van der Waals surface area (Å²) in [4.78, 5) is 25.5. The van der Waals surface area contributed by atoms with Gasteiger partial charge in [0.25, 0.3) is 5.91 Å². The number of carbonyl (C=O) groups excluding carboxylic acids is 1. The van der Waals surface area contributed by atoms with Gasteiger partial charge in [0, 0.05) is 29.4 Å². The lowest BCUT2D eigenvalue weighted by Crippen LogP contribution is -2.31. The predicted molar refractivity (Wildman–Crippen MR) is 144 cm³/mol. The van der Waals surface area contributed by atoms with E-state index in [1.165, 1.54) is 5.39 Å². The van der Waals surface area contributed by atoms with Gasteiger partial charge in [0.2, 0.25) is 0 Å². The average Bonchev–Trinajstić information content (AvgIpc) is 2.92. The molecule has 0 unspecified atom stereocenters. The first kappa shape index (κ1) is 21.2. The fourth-order valence-corrected chi connectivity index (χ4v) is 4.92. The number of fused-ring (bicyclic) bond motifs is 7. The molecule has 1 amide bonds. The van der Waals surface area contributed by atoms with E-state index in [0.717, 1.165) is 50.2 Å². The normalized spacial score (nSPS) is 11.5. The van der Waals surface area contributed by atoms with Crippen LogP contribution in [0.15, 0.2) is 97.1 Å². The Balaban J connectivity index is 1.49. The summed E-state index contributed by atoms with van der Waals surface area (Å²) in [5.41, 5.74) is 5.05. The lowest BCUT2D eigenvalue weighted by molar-refractivity contribution is 0.0743. The maximum atomic E-state index is 13.5. The lowest BCUT2D eigenvalue weighted by atomic mass is 9.99. The topological polar surface area (TPSA) is 46.1 Å². The number of aromatic nitrogens is 2. The zero-order valence-electron chi connectivity index (χ0n) is 19.6. The Hall–Kier alpha value is -4.31. The molecule has 0 saturated carbocycles. The molecular formula is C31H25N3O. The predicted octanol–water partition coefficient (Wildman–Crippen LogP) is 7.14. The molecule has 0 radical (unpaired) electrons. The molecule has 0 aliphatic carbocycles. The molecule has 170 valence electrons. The van der Waals surface area contributed by atoms with Crippen molar-refractivity contribution < 1.29 is 4.79 Å². The fourth-order valence-electron chi connectivity index (χ4n) is 4.92. The minimum atomic E-state index is 0.0165. The number of carbonyl (C=O) groups is 1. The molecule has 6 rings (SSSR count). The minimum Gasteiger partial charge on any atom is -0.334 e. The van der Waals surface area contributed by atoms with Crippen molar-refractivity contribution in [2.45, 2.75) is 19.9 Å². The molecule has 4 heteroatoms. The third kappa shape index (κ3) is 3.77. The van der Waals surface area contributed by atoms with Crippen LogP contribution in [0.4, 0.5) is 0 Å². The number of rotatable bonds is 5. The first-order valence-corrected chi connectivity index (χ1v) is 12.1. The molecule has 5 aromatic carbocycles. The smallest absolute Gasteiger partial charge is 0.254 e. The summed E-state index contributed by atoms with van der Waals surface area (Å²) >= 11 is 0. The number of nitrogens with zero attached hydrogens (tertiary/aromatic N) is 3. The first-order chi connectivity index (χ1) is 17.2. The minimum absolute atomic E-state index is 0.0165. The van der Waals surface area contributed by atoms with Gasteiger partial charge in [-0.05, 0) is 41.0 Å². The molecule has 0 saturated heterocycles. The van der Waals surface area contributed by atoms with Crippen LogP contribution in [0.1, 0.15) is 29.3 Å². The zero-order chi connectivity index (χ0) is 23.8. The second kappa shape index (κ2) is 8.80. The third-order valence-electron chi connectivity index (χ3n) is 6.56. The molecule has 0 aliphatic heterocycles. The van der Waals surface area contributed by atoms with Crippen molar-refractivity contribution in [1.82, 2.24) is 14.9 Å². The molecule has 1 heterocycles. The van der Waals surface area contributed by atoms with Gasteiger partial charge >= 0.3 is 0 Å². The molecule has 35 heavy (non-hydrogen) atoms. The highest BCUT2D eigenvalue weighted by atomic mass is 16.2. The van der Waals surface area contributed by atoms with E-state index in [-0.39, 0.29) is 5.91 Å². The SMILES string of the molecule is CCCN(Cc1ccccc1)C(=O)c1ccc2nc3c4ccccc4c4ccccc4c3nc2c1. The van der Waals surface area contributed by atoms with Crippen LogP contribution in [-0.4, -0.2) is 27.3 Å². The molecule has 0 atom stereocenters. The van der Waals surface area contributed by atoms with E-state index >= 15 is 0 Å². The van der Waals surface area contributed by atoms with Gasteiger partial charge in [0.15, 0.2) is 0 Å². The Morgan fingerprint density at radius 1 is 0.686 bits per heavy atom. The largest absolute Gasteiger partial charge is 0.334 e. The van der Waals surface area contributed by atoms with E-state index in [4.69, 9.17) is 9.97 Å². The van der Waals surface area contributed by atoms with E-state index in [9.17, 15) is 4.79 Å². The van der Waals surface area contributed by atoms with Crippen LogP contribution >= 0.6 is 0 Å². The van der Waals surface area contributed by atoms with Crippen molar-refractivity contribution in [2.24, 2.45) is 0 Å². The summed E-state index contributed by atoms with van der Waals surface area (Å²) in [5, 5.41) is 4.50.